The summed E-state index contributed by atoms with van der Waals surface area (Å²) in [4.78, 5) is 10.9. The first-order valence-electron chi connectivity index (χ1n) is 3.69. The van der Waals surface area contributed by atoms with Gasteiger partial charge in [0.2, 0.25) is 0 Å². The van der Waals surface area contributed by atoms with Crippen molar-refractivity contribution in [2.45, 2.75) is 6.92 Å². The van der Waals surface area contributed by atoms with Crippen LogP contribution in [0.2, 0.25) is 0 Å². The molecule has 0 aliphatic heterocycles. The van der Waals surface area contributed by atoms with Gasteiger partial charge < -0.3 is 22.2 Å². The van der Waals surface area contributed by atoms with E-state index in [1.807, 2.05) is 13.0 Å². The molecule has 4 heteroatoms. The molecule has 2 nitrogen and oxygen atoms in total. The van der Waals surface area contributed by atoms with Gasteiger partial charge >= 0.3 is 27.7 Å². The number of rotatable bonds is 3. The number of benzene rings is 1. The minimum Gasteiger partial charge on any atom is -0.737 e. The fourth-order valence-corrected chi connectivity index (χ4v) is 1.09. The van der Waals surface area contributed by atoms with Crippen molar-refractivity contribution in [2.75, 3.05) is 6.61 Å². The van der Waals surface area contributed by atoms with Crippen molar-refractivity contribution in [3.05, 3.63) is 29.8 Å². The predicted molar refractivity (Wildman–Crippen MR) is 49.3 cm³/mol. The molecule has 0 amide bonds. The number of hydrogen-bond acceptors (Lipinski definition) is 3. The monoisotopic (exact) mass is 383 g/mol. The Labute approximate surface area is 104 Å². The molecule has 0 fully saturated rings. The van der Waals surface area contributed by atoms with Crippen LogP contribution in [0, 0.1) is 0 Å². The van der Waals surface area contributed by atoms with Crippen LogP contribution < -0.4 is 4.74 Å². The van der Waals surface area contributed by atoms with Crippen LogP contribution in [-0.4, -0.2) is 11.7 Å². The molecule has 65 valence electrons. The van der Waals surface area contributed by atoms with Gasteiger partial charge in [-0.05, 0) is 19.1 Å². The van der Waals surface area contributed by atoms with E-state index in [1.165, 1.54) is 0 Å². The van der Waals surface area contributed by atoms with E-state index in [0.29, 0.717) is 17.9 Å². The third-order valence-electron chi connectivity index (χ3n) is 1.41. The van der Waals surface area contributed by atoms with E-state index in [4.69, 9.17) is 4.74 Å². The molecular weight excluding hydrogens is 373 g/mol. The summed E-state index contributed by atoms with van der Waals surface area (Å²) < 4.78 is 5.21. The van der Waals surface area contributed by atoms with Gasteiger partial charge in [-0.2, -0.15) is 0 Å². The van der Waals surface area contributed by atoms with E-state index in [-0.39, 0.29) is 32.8 Å². The van der Waals surface area contributed by atoms with E-state index in [2.05, 4.69) is 12.6 Å². The second kappa shape index (κ2) is 6.32. The van der Waals surface area contributed by atoms with Crippen molar-refractivity contribution in [1.29, 1.82) is 0 Å². The summed E-state index contributed by atoms with van der Waals surface area (Å²) in [5.74, 6) is 0.569. The number of hydrogen-bond donors (Lipinski definition) is 0. The number of ether oxygens (including phenoxy) is 1. The maximum Gasteiger partial charge on any atom is 1.00 e. The molecule has 0 unspecified atom stereocenters. The molecule has 1 rings (SSSR count). The molecule has 1 aromatic rings. The van der Waals surface area contributed by atoms with E-state index >= 15 is 0 Å². The Morgan fingerprint density at radius 3 is 2.62 bits per heavy atom. The smallest absolute Gasteiger partial charge is 0.737 e. The molecule has 13 heavy (non-hydrogen) atoms. The molecular formula is C9H9HgO2S. The predicted octanol–water partition coefficient (Wildman–Crippen LogP) is 1.77. The van der Waals surface area contributed by atoms with Crippen LogP contribution >= 0.6 is 0 Å². The first-order chi connectivity index (χ1) is 5.75. The minimum absolute atomic E-state index is 0. The topological polar surface area (TPSA) is 26.3 Å². The van der Waals surface area contributed by atoms with Gasteiger partial charge in [0.05, 0.1) is 6.61 Å². The summed E-state index contributed by atoms with van der Waals surface area (Å²) >= 11 is 4.53. The van der Waals surface area contributed by atoms with Gasteiger partial charge in [0.15, 0.2) is 0 Å². The fourth-order valence-electron chi connectivity index (χ4n) is 0.917. The molecule has 0 saturated heterocycles. The number of para-hydroxylation sites is 1. The number of carbonyl (C=O) groups excluding carboxylic acids is 1. The van der Waals surface area contributed by atoms with Crippen molar-refractivity contribution in [2.24, 2.45) is 0 Å². The van der Waals surface area contributed by atoms with Gasteiger partial charge in [0.25, 0.3) is 0 Å². The standard InChI is InChI=1S/C9H10O2S.Hg/c1-2-11-8-6-4-3-5-7(8)9(10)12;/h3-6H,2H2,1H3,(H,10,12);/q;+1/p-1. The molecule has 1 radical (unpaired) electrons. The zero-order valence-corrected chi connectivity index (χ0v) is 13.8. The summed E-state index contributed by atoms with van der Waals surface area (Å²) in [6.07, 6.45) is 0. The van der Waals surface area contributed by atoms with Gasteiger partial charge in [-0.25, -0.2) is 0 Å². The van der Waals surface area contributed by atoms with Crippen molar-refractivity contribution in [3.63, 3.8) is 0 Å². The van der Waals surface area contributed by atoms with Gasteiger partial charge in [0.1, 0.15) is 5.75 Å². The zero-order valence-electron chi connectivity index (χ0n) is 7.45. The maximum atomic E-state index is 10.9. The molecule has 0 bridgehead atoms. The summed E-state index contributed by atoms with van der Waals surface area (Å²) in [7, 11) is 0. The second-order valence-corrected chi connectivity index (χ2v) is 2.59. The van der Waals surface area contributed by atoms with Crippen LogP contribution in [0.4, 0.5) is 0 Å². The van der Waals surface area contributed by atoms with Crippen molar-refractivity contribution in [3.8, 4) is 5.75 Å². The van der Waals surface area contributed by atoms with Crippen LogP contribution in [0.3, 0.4) is 0 Å². The summed E-state index contributed by atoms with van der Waals surface area (Å²) in [5.41, 5.74) is 0.467. The Kier molecular flexibility index (Phi) is 6.25. The molecule has 0 saturated carbocycles. The summed E-state index contributed by atoms with van der Waals surface area (Å²) in [6, 6.07) is 6.98. The Bertz CT molecular complexity index is 289. The molecule has 1 aromatic carbocycles. The second-order valence-electron chi connectivity index (χ2n) is 2.22. The summed E-state index contributed by atoms with van der Waals surface area (Å²) in [5, 5.41) is -0.376. The van der Waals surface area contributed by atoms with Gasteiger partial charge in [-0.15, -0.1) is 0 Å². The Morgan fingerprint density at radius 1 is 1.46 bits per heavy atom. The van der Waals surface area contributed by atoms with E-state index in [9.17, 15) is 4.79 Å². The summed E-state index contributed by atoms with van der Waals surface area (Å²) in [6.45, 7) is 2.41. The Balaban J connectivity index is 0.00000144. The van der Waals surface area contributed by atoms with Crippen molar-refractivity contribution in [1.82, 2.24) is 0 Å². The third kappa shape index (κ3) is 3.61. The molecule has 0 N–H and O–H groups in total. The van der Waals surface area contributed by atoms with E-state index in [0.717, 1.165) is 0 Å². The molecule has 0 spiro atoms. The zero-order chi connectivity index (χ0) is 8.97. The molecule has 0 aromatic heterocycles. The van der Waals surface area contributed by atoms with Crippen LogP contribution in [0.5, 0.6) is 5.75 Å². The van der Waals surface area contributed by atoms with Gasteiger partial charge in [0, 0.05) is 10.7 Å². The van der Waals surface area contributed by atoms with Gasteiger partial charge in [-0.3, -0.25) is 0 Å². The molecule has 0 aliphatic rings. The maximum absolute atomic E-state index is 10.9. The Morgan fingerprint density at radius 2 is 2.08 bits per heavy atom. The van der Waals surface area contributed by atoms with Crippen LogP contribution in [-0.2, 0) is 40.3 Å². The molecule has 0 aliphatic carbocycles. The van der Waals surface area contributed by atoms with Crippen LogP contribution in [0.15, 0.2) is 24.3 Å². The molecule has 0 heterocycles. The number of carbonyl (C=O) groups is 1. The fraction of sp³-hybridized carbons (Fsp3) is 0.222. The molecule has 0 atom stereocenters. The van der Waals surface area contributed by atoms with Crippen LogP contribution in [0.25, 0.3) is 0 Å². The first kappa shape index (κ1) is 12.8. The minimum atomic E-state index is -0.376. The van der Waals surface area contributed by atoms with Gasteiger partial charge in [-0.1, -0.05) is 12.1 Å². The van der Waals surface area contributed by atoms with Crippen molar-refractivity contribution >= 4 is 17.7 Å². The average Bonchev–Trinajstić information content (AvgIpc) is 2.05. The largest absolute Gasteiger partial charge is 1.00 e. The Hall–Kier alpha value is -0.155. The van der Waals surface area contributed by atoms with E-state index in [1.54, 1.807) is 18.2 Å². The average molecular weight is 382 g/mol. The third-order valence-corrected chi connectivity index (χ3v) is 1.63. The normalized spacial score (nSPS) is 8.69. The van der Waals surface area contributed by atoms with E-state index < -0.39 is 0 Å². The van der Waals surface area contributed by atoms with Crippen LogP contribution in [0.1, 0.15) is 17.3 Å². The van der Waals surface area contributed by atoms with Crippen molar-refractivity contribution < 1.29 is 37.2 Å². The SMILES string of the molecule is CCOc1ccccc1C(=O)[S-].[Hg+]. The first-order valence-corrected chi connectivity index (χ1v) is 4.09. The quantitative estimate of drug-likeness (QED) is 0.589.